The second-order valence-electron chi connectivity index (χ2n) is 4.51. The summed E-state index contributed by atoms with van der Waals surface area (Å²) in [6.45, 7) is 0.869. The second-order valence-corrected chi connectivity index (χ2v) is 4.51. The van der Waals surface area contributed by atoms with Crippen LogP contribution in [-0.2, 0) is 9.53 Å². The second kappa shape index (κ2) is 6.93. The molecular formula is C14H14F5NO3. The fraction of sp³-hybridized carbons (Fsp3) is 0.429. The average Bonchev–Trinajstić information content (AvgIpc) is 2.50. The molecular weight excluding hydrogens is 325 g/mol. The van der Waals surface area contributed by atoms with Gasteiger partial charge in [0.1, 0.15) is 11.5 Å². The maximum atomic E-state index is 13.7. The van der Waals surface area contributed by atoms with Crippen molar-refractivity contribution in [2.24, 2.45) is 10.9 Å². The SMILES string of the molecule is COC(=O)C(C)C(=Nc1ccc(OC)cc1)C(F)(F)C(F)(F)F. The third-order valence-electron chi connectivity index (χ3n) is 2.96. The van der Waals surface area contributed by atoms with Crippen molar-refractivity contribution in [3.63, 3.8) is 0 Å². The number of hydrogen-bond donors (Lipinski definition) is 0. The van der Waals surface area contributed by atoms with Gasteiger partial charge >= 0.3 is 18.1 Å². The Morgan fingerprint density at radius 2 is 1.61 bits per heavy atom. The Morgan fingerprint density at radius 3 is 2.00 bits per heavy atom. The van der Waals surface area contributed by atoms with Gasteiger partial charge in [0, 0.05) is 0 Å². The predicted molar refractivity (Wildman–Crippen MR) is 72.3 cm³/mol. The smallest absolute Gasteiger partial charge is 0.459 e. The van der Waals surface area contributed by atoms with Gasteiger partial charge in [-0.25, -0.2) is 0 Å². The first kappa shape index (κ1) is 18.9. The number of nitrogens with zero attached hydrogens (tertiary/aromatic N) is 1. The molecule has 1 aromatic carbocycles. The molecule has 4 nitrogen and oxygen atoms in total. The number of esters is 1. The Hall–Kier alpha value is -2.19. The topological polar surface area (TPSA) is 47.9 Å². The molecule has 1 atom stereocenters. The van der Waals surface area contributed by atoms with Crippen LogP contribution >= 0.6 is 0 Å². The van der Waals surface area contributed by atoms with Gasteiger partial charge in [0.05, 0.1) is 25.8 Å². The molecule has 0 radical (unpaired) electrons. The number of hydrogen-bond acceptors (Lipinski definition) is 4. The number of rotatable bonds is 5. The molecule has 128 valence electrons. The van der Waals surface area contributed by atoms with E-state index in [9.17, 15) is 26.7 Å². The highest BCUT2D eigenvalue weighted by atomic mass is 19.4. The van der Waals surface area contributed by atoms with Crippen molar-refractivity contribution in [3.05, 3.63) is 24.3 Å². The summed E-state index contributed by atoms with van der Waals surface area (Å²) in [5.74, 6) is -8.03. The number of aliphatic imine (C=N–C) groups is 1. The third-order valence-corrected chi connectivity index (χ3v) is 2.96. The molecule has 1 rings (SSSR count). The van der Waals surface area contributed by atoms with Gasteiger partial charge in [-0.3, -0.25) is 9.79 Å². The molecule has 0 aliphatic carbocycles. The number of benzene rings is 1. The van der Waals surface area contributed by atoms with Crippen molar-refractivity contribution in [2.45, 2.75) is 19.0 Å². The summed E-state index contributed by atoms with van der Waals surface area (Å²) >= 11 is 0. The molecule has 0 saturated carbocycles. The number of carbonyl (C=O) groups excluding carboxylic acids is 1. The van der Waals surface area contributed by atoms with Gasteiger partial charge < -0.3 is 9.47 Å². The van der Waals surface area contributed by atoms with Crippen LogP contribution in [0, 0.1) is 5.92 Å². The third kappa shape index (κ3) is 4.17. The minimum atomic E-state index is -5.89. The average molecular weight is 339 g/mol. The van der Waals surface area contributed by atoms with E-state index in [-0.39, 0.29) is 5.69 Å². The van der Waals surface area contributed by atoms with Crippen LogP contribution in [-0.4, -0.2) is 38.0 Å². The van der Waals surface area contributed by atoms with E-state index in [2.05, 4.69) is 9.73 Å². The zero-order chi connectivity index (χ0) is 17.8. The molecule has 0 aromatic heterocycles. The molecule has 0 bridgehead atoms. The normalized spacial score (nSPS) is 14.3. The number of ether oxygens (including phenoxy) is 2. The lowest BCUT2D eigenvalue weighted by Crippen LogP contribution is -2.48. The first-order valence-electron chi connectivity index (χ1n) is 6.30. The molecule has 0 heterocycles. The van der Waals surface area contributed by atoms with Crippen molar-refractivity contribution < 1.29 is 36.2 Å². The fourth-order valence-electron chi connectivity index (χ4n) is 1.67. The van der Waals surface area contributed by atoms with Crippen molar-refractivity contribution >= 4 is 17.4 Å². The van der Waals surface area contributed by atoms with Crippen LogP contribution in [0.3, 0.4) is 0 Å². The van der Waals surface area contributed by atoms with Crippen LogP contribution in [0.25, 0.3) is 0 Å². The lowest BCUT2D eigenvalue weighted by molar-refractivity contribution is -0.250. The van der Waals surface area contributed by atoms with Crippen molar-refractivity contribution in [1.29, 1.82) is 0 Å². The molecule has 0 aliphatic heterocycles. The highest BCUT2D eigenvalue weighted by Gasteiger charge is 2.63. The lowest BCUT2D eigenvalue weighted by atomic mass is 9.99. The van der Waals surface area contributed by atoms with Crippen LogP contribution in [0.5, 0.6) is 5.75 Å². The van der Waals surface area contributed by atoms with Crippen molar-refractivity contribution in [1.82, 2.24) is 0 Å². The Morgan fingerprint density at radius 1 is 1.09 bits per heavy atom. The van der Waals surface area contributed by atoms with Gasteiger partial charge in [-0.1, -0.05) is 0 Å². The van der Waals surface area contributed by atoms with E-state index < -0.39 is 29.7 Å². The molecule has 1 unspecified atom stereocenters. The Balaban J connectivity index is 3.38. The number of alkyl halides is 5. The minimum Gasteiger partial charge on any atom is -0.497 e. The summed E-state index contributed by atoms with van der Waals surface area (Å²) in [6, 6.07) is 5.06. The van der Waals surface area contributed by atoms with Gasteiger partial charge in [0.2, 0.25) is 0 Å². The van der Waals surface area contributed by atoms with E-state index in [1.807, 2.05) is 0 Å². The maximum absolute atomic E-state index is 13.7. The summed E-state index contributed by atoms with van der Waals surface area (Å²) < 4.78 is 74.3. The van der Waals surface area contributed by atoms with Crippen LogP contribution in [0.1, 0.15) is 6.92 Å². The summed E-state index contributed by atoms with van der Waals surface area (Å²) in [5, 5.41) is 0. The zero-order valence-corrected chi connectivity index (χ0v) is 12.4. The van der Waals surface area contributed by atoms with Gasteiger partial charge in [-0.15, -0.1) is 0 Å². The zero-order valence-electron chi connectivity index (χ0n) is 12.4. The van der Waals surface area contributed by atoms with Gasteiger partial charge in [-0.05, 0) is 31.2 Å². The molecule has 1 aromatic rings. The van der Waals surface area contributed by atoms with E-state index in [1.54, 1.807) is 0 Å². The van der Waals surface area contributed by atoms with E-state index in [0.29, 0.717) is 5.75 Å². The monoisotopic (exact) mass is 339 g/mol. The molecule has 9 heteroatoms. The van der Waals surface area contributed by atoms with E-state index >= 15 is 0 Å². The van der Waals surface area contributed by atoms with Gasteiger partial charge in [-0.2, -0.15) is 22.0 Å². The van der Waals surface area contributed by atoms with Gasteiger partial charge in [0.15, 0.2) is 0 Å². The molecule has 0 fully saturated rings. The van der Waals surface area contributed by atoms with E-state index in [0.717, 1.165) is 14.0 Å². The molecule has 0 N–H and O–H groups in total. The Labute approximate surface area is 128 Å². The van der Waals surface area contributed by atoms with Crippen LogP contribution in [0.2, 0.25) is 0 Å². The largest absolute Gasteiger partial charge is 0.497 e. The molecule has 0 amide bonds. The highest BCUT2D eigenvalue weighted by Crippen LogP contribution is 2.39. The first-order chi connectivity index (χ1) is 10.5. The molecule has 23 heavy (non-hydrogen) atoms. The molecule has 0 aliphatic rings. The van der Waals surface area contributed by atoms with Crippen LogP contribution in [0.4, 0.5) is 27.6 Å². The van der Waals surface area contributed by atoms with E-state index in [1.165, 1.54) is 31.4 Å². The minimum absolute atomic E-state index is 0.180. The first-order valence-corrected chi connectivity index (χ1v) is 6.30. The summed E-state index contributed by atoms with van der Waals surface area (Å²) in [5.41, 5.74) is -1.82. The molecule has 0 saturated heterocycles. The van der Waals surface area contributed by atoms with Crippen molar-refractivity contribution in [2.75, 3.05) is 14.2 Å². The van der Waals surface area contributed by atoms with Crippen LogP contribution in [0.15, 0.2) is 29.3 Å². The lowest BCUT2D eigenvalue weighted by Gasteiger charge is -2.24. The highest BCUT2D eigenvalue weighted by molar-refractivity contribution is 6.07. The summed E-state index contributed by atoms with van der Waals surface area (Å²) in [7, 11) is 2.25. The number of methoxy groups -OCH3 is 2. The predicted octanol–water partition coefficient (Wildman–Crippen LogP) is 3.77. The van der Waals surface area contributed by atoms with E-state index in [4.69, 9.17) is 4.74 Å². The Bertz CT molecular complexity index is 581. The fourth-order valence-corrected chi connectivity index (χ4v) is 1.67. The quantitative estimate of drug-likeness (QED) is 0.466. The van der Waals surface area contributed by atoms with Gasteiger partial charge in [0.25, 0.3) is 0 Å². The molecule has 0 spiro atoms. The van der Waals surface area contributed by atoms with Crippen molar-refractivity contribution in [3.8, 4) is 5.75 Å². The standard InChI is InChI=1S/C14H14F5NO3/c1-8(12(21)23-3)11(13(15,16)14(17,18)19)20-9-4-6-10(22-2)7-5-9/h4-8H,1-3H3. The summed E-state index contributed by atoms with van der Waals surface area (Å²) in [6.07, 6.45) is -5.89. The van der Waals surface area contributed by atoms with Crippen LogP contribution < -0.4 is 4.74 Å². The Kier molecular flexibility index (Phi) is 5.68. The summed E-state index contributed by atoms with van der Waals surface area (Å²) in [4.78, 5) is 14.7. The maximum Gasteiger partial charge on any atom is 0.459 e. The number of carbonyl (C=O) groups is 1. The number of halogens is 5.